The molecule has 2 N–H and O–H groups in total. The third-order valence-electron chi connectivity index (χ3n) is 1.65. The molecule has 1 aromatic carbocycles. The molecule has 0 radical (unpaired) electrons. The van der Waals surface area contributed by atoms with Crippen LogP contribution in [0.4, 0.5) is 0 Å². The van der Waals surface area contributed by atoms with Crippen LogP contribution in [0.25, 0.3) is 0 Å². The lowest BCUT2D eigenvalue weighted by Gasteiger charge is -2.07. The first-order valence-electron chi connectivity index (χ1n) is 3.63. The summed E-state index contributed by atoms with van der Waals surface area (Å²) in [7, 11) is 0. The third-order valence-corrected chi connectivity index (χ3v) is 2.14. The Hall–Kier alpha value is -0.670. The number of ketones is 1. The lowest BCUT2D eigenvalue weighted by Crippen LogP contribution is -2.18. The van der Waals surface area contributed by atoms with E-state index >= 15 is 0 Å². The van der Waals surface area contributed by atoms with Gasteiger partial charge in [-0.2, -0.15) is 0 Å². The molecule has 64 valence electrons. The number of hydrogen-bond donors (Lipinski definition) is 1. The van der Waals surface area contributed by atoms with E-state index in [-0.39, 0.29) is 5.78 Å². The minimum Gasteiger partial charge on any atom is -0.318 e. The van der Waals surface area contributed by atoms with Gasteiger partial charge in [-0.25, -0.2) is 0 Å². The highest BCUT2D eigenvalue weighted by Crippen LogP contribution is 2.16. The highest BCUT2D eigenvalue weighted by atomic mass is 79.9. The van der Waals surface area contributed by atoms with E-state index < -0.39 is 6.04 Å². The maximum Gasteiger partial charge on any atom is 0.150 e. The fourth-order valence-corrected chi connectivity index (χ4v) is 1.35. The number of rotatable bonds is 2. The monoisotopic (exact) mass is 227 g/mol. The number of nitrogens with two attached hydrogens (primary N) is 1. The van der Waals surface area contributed by atoms with E-state index in [1.165, 1.54) is 6.92 Å². The lowest BCUT2D eigenvalue weighted by molar-refractivity contribution is -0.118. The van der Waals surface area contributed by atoms with Crippen LogP contribution in [-0.2, 0) is 4.79 Å². The van der Waals surface area contributed by atoms with E-state index in [4.69, 9.17) is 5.73 Å². The molecular formula is C9H10BrNO. The molecule has 2 nitrogen and oxygen atoms in total. The molecule has 3 heteroatoms. The van der Waals surface area contributed by atoms with Crippen LogP contribution in [0.2, 0.25) is 0 Å². The highest BCUT2D eigenvalue weighted by molar-refractivity contribution is 9.10. The molecule has 0 saturated heterocycles. The summed E-state index contributed by atoms with van der Waals surface area (Å²) in [5.74, 6) is -0.0203. The van der Waals surface area contributed by atoms with E-state index in [2.05, 4.69) is 15.9 Å². The van der Waals surface area contributed by atoms with Gasteiger partial charge < -0.3 is 5.73 Å². The smallest absolute Gasteiger partial charge is 0.150 e. The van der Waals surface area contributed by atoms with Crippen LogP contribution in [0, 0.1) is 0 Å². The molecule has 0 aliphatic carbocycles. The Bertz CT molecular complexity index is 298. The Morgan fingerprint density at radius 1 is 1.58 bits per heavy atom. The van der Waals surface area contributed by atoms with Gasteiger partial charge in [0.25, 0.3) is 0 Å². The van der Waals surface area contributed by atoms with Crippen molar-refractivity contribution in [2.24, 2.45) is 5.73 Å². The summed E-state index contributed by atoms with van der Waals surface area (Å²) in [6.07, 6.45) is 0. The molecule has 0 bridgehead atoms. The minimum atomic E-state index is -0.498. The summed E-state index contributed by atoms with van der Waals surface area (Å²) in [5.41, 5.74) is 6.48. The van der Waals surface area contributed by atoms with Gasteiger partial charge in [0.1, 0.15) is 0 Å². The number of carbonyl (C=O) groups excluding carboxylic acids is 1. The van der Waals surface area contributed by atoms with Gasteiger partial charge in [-0.3, -0.25) is 4.79 Å². The van der Waals surface area contributed by atoms with Gasteiger partial charge in [-0.1, -0.05) is 28.1 Å². The van der Waals surface area contributed by atoms with Crippen molar-refractivity contribution in [3.05, 3.63) is 34.3 Å². The fraction of sp³-hybridized carbons (Fsp3) is 0.222. The van der Waals surface area contributed by atoms with Crippen molar-refractivity contribution in [1.82, 2.24) is 0 Å². The first-order valence-corrected chi connectivity index (χ1v) is 4.42. The van der Waals surface area contributed by atoms with Crippen LogP contribution in [0.3, 0.4) is 0 Å². The summed E-state index contributed by atoms with van der Waals surface area (Å²) in [5, 5.41) is 0. The summed E-state index contributed by atoms with van der Waals surface area (Å²) in [6.45, 7) is 1.49. The maximum atomic E-state index is 10.9. The number of benzene rings is 1. The van der Waals surface area contributed by atoms with Gasteiger partial charge in [-0.05, 0) is 24.6 Å². The van der Waals surface area contributed by atoms with Gasteiger partial charge in [0.2, 0.25) is 0 Å². The molecule has 1 unspecified atom stereocenters. The molecule has 0 amide bonds. The van der Waals surface area contributed by atoms with Crippen LogP contribution in [-0.4, -0.2) is 5.78 Å². The Kier molecular flexibility index (Phi) is 3.00. The Morgan fingerprint density at radius 2 is 2.25 bits per heavy atom. The quantitative estimate of drug-likeness (QED) is 0.841. The molecule has 0 spiro atoms. The fourth-order valence-electron chi connectivity index (χ4n) is 0.935. The molecule has 0 fully saturated rings. The first kappa shape index (κ1) is 9.42. The van der Waals surface area contributed by atoms with E-state index in [0.717, 1.165) is 10.0 Å². The van der Waals surface area contributed by atoms with Crippen LogP contribution in [0.1, 0.15) is 18.5 Å². The number of Topliss-reactive ketones (excluding diaryl/α,β-unsaturated/α-hetero) is 1. The first-order chi connectivity index (χ1) is 5.61. The van der Waals surface area contributed by atoms with Crippen LogP contribution < -0.4 is 5.73 Å². The molecule has 1 aromatic rings. The standard InChI is InChI=1S/C9H10BrNO/c1-6(12)9(11)7-3-2-4-8(10)5-7/h2-5,9H,11H2,1H3. The van der Waals surface area contributed by atoms with Gasteiger partial charge in [0, 0.05) is 4.47 Å². The van der Waals surface area contributed by atoms with Crippen LogP contribution >= 0.6 is 15.9 Å². The number of carbonyl (C=O) groups is 1. The summed E-state index contributed by atoms with van der Waals surface area (Å²) < 4.78 is 0.941. The minimum absolute atomic E-state index is 0.0203. The second-order valence-electron chi connectivity index (χ2n) is 2.64. The SMILES string of the molecule is CC(=O)C(N)c1cccc(Br)c1. The maximum absolute atomic E-state index is 10.9. The second-order valence-corrected chi connectivity index (χ2v) is 3.56. The zero-order valence-electron chi connectivity index (χ0n) is 6.75. The molecule has 12 heavy (non-hydrogen) atoms. The van der Waals surface area contributed by atoms with Crippen LogP contribution in [0.5, 0.6) is 0 Å². The van der Waals surface area contributed by atoms with Gasteiger partial charge in [0.15, 0.2) is 5.78 Å². The molecule has 0 aliphatic heterocycles. The van der Waals surface area contributed by atoms with Gasteiger partial charge >= 0.3 is 0 Å². The summed E-state index contributed by atoms with van der Waals surface area (Å²) in [6, 6.07) is 6.96. The largest absolute Gasteiger partial charge is 0.318 e. The molecule has 0 aromatic heterocycles. The number of halogens is 1. The summed E-state index contributed by atoms with van der Waals surface area (Å²) in [4.78, 5) is 10.9. The normalized spacial score (nSPS) is 12.6. The zero-order valence-corrected chi connectivity index (χ0v) is 8.34. The molecule has 1 atom stereocenters. The summed E-state index contributed by atoms with van der Waals surface area (Å²) >= 11 is 3.31. The number of hydrogen-bond acceptors (Lipinski definition) is 2. The molecule has 0 aliphatic rings. The molecular weight excluding hydrogens is 218 g/mol. The molecule has 0 heterocycles. The van der Waals surface area contributed by atoms with Crippen molar-refractivity contribution in [3.63, 3.8) is 0 Å². The van der Waals surface area contributed by atoms with Crippen molar-refractivity contribution >= 4 is 21.7 Å². The van der Waals surface area contributed by atoms with Crippen molar-refractivity contribution < 1.29 is 4.79 Å². The topological polar surface area (TPSA) is 43.1 Å². The van der Waals surface area contributed by atoms with Crippen molar-refractivity contribution in [2.45, 2.75) is 13.0 Å². The van der Waals surface area contributed by atoms with Gasteiger partial charge in [0.05, 0.1) is 6.04 Å². The highest BCUT2D eigenvalue weighted by Gasteiger charge is 2.10. The Balaban J connectivity index is 2.95. The van der Waals surface area contributed by atoms with Gasteiger partial charge in [-0.15, -0.1) is 0 Å². The average Bonchev–Trinajstić information content (AvgIpc) is 2.03. The van der Waals surface area contributed by atoms with E-state index in [1.54, 1.807) is 0 Å². The average molecular weight is 228 g/mol. The lowest BCUT2D eigenvalue weighted by atomic mass is 10.1. The second kappa shape index (κ2) is 3.83. The van der Waals surface area contributed by atoms with E-state index in [0.29, 0.717) is 0 Å². The predicted molar refractivity (Wildman–Crippen MR) is 51.8 cm³/mol. The third kappa shape index (κ3) is 2.16. The molecule has 1 rings (SSSR count). The Morgan fingerprint density at radius 3 is 2.75 bits per heavy atom. The van der Waals surface area contributed by atoms with E-state index in [9.17, 15) is 4.79 Å². The predicted octanol–water partition coefficient (Wildman–Crippen LogP) is 2.04. The van der Waals surface area contributed by atoms with Crippen molar-refractivity contribution in [1.29, 1.82) is 0 Å². The van der Waals surface area contributed by atoms with Crippen molar-refractivity contribution in [2.75, 3.05) is 0 Å². The van der Waals surface area contributed by atoms with E-state index in [1.807, 2.05) is 24.3 Å². The molecule has 0 saturated carbocycles. The Labute approximate surface area is 79.9 Å². The van der Waals surface area contributed by atoms with Crippen LogP contribution in [0.15, 0.2) is 28.7 Å². The van der Waals surface area contributed by atoms with Crippen molar-refractivity contribution in [3.8, 4) is 0 Å². The zero-order chi connectivity index (χ0) is 9.14.